The Balaban J connectivity index is 1.41. The van der Waals surface area contributed by atoms with Crippen LogP contribution in [0.5, 0.6) is 0 Å². The number of aromatic nitrogens is 3. The van der Waals surface area contributed by atoms with Gasteiger partial charge < -0.3 is 15.0 Å². The topological polar surface area (TPSA) is 63.2 Å². The predicted molar refractivity (Wildman–Crippen MR) is 131 cm³/mol. The fourth-order valence-corrected chi connectivity index (χ4v) is 5.12. The number of fused-ring (bicyclic) bond motifs is 1. The van der Waals surface area contributed by atoms with E-state index in [-0.39, 0.29) is 0 Å². The van der Waals surface area contributed by atoms with Crippen LogP contribution >= 0.6 is 11.3 Å². The Hall–Kier alpha value is -3.03. The van der Waals surface area contributed by atoms with Crippen LogP contribution in [-0.4, -0.2) is 35.2 Å². The van der Waals surface area contributed by atoms with Crippen LogP contribution in [0.3, 0.4) is 0 Å². The highest BCUT2D eigenvalue weighted by Gasteiger charge is 2.16. The Morgan fingerprint density at radius 2 is 1.88 bits per heavy atom. The summed E-state index contributed by atoms with van der Waals surface area (Å²) < 4.78 is 5.29. The first-order chi connectivity index (χ1) is 15.8. The van der Waals surface area contributed by atoms with Gasteiger partial charge in [0.2, 0.25) is 0 Å². The third-order valence-corrected chi connectivity index (χ3v) is 6.66. The van der Waals surface area contributed by atoms with Gasteiger partial charge in [0.25, 0.3) is 0 Å². The zero-order valence-corrected chi connectivity index (χ0v) is 19.1. The predicted octanol–water partition coefficient (Wildman–Crippen LogP) is 5.50. The highest BCUT2D eigenvalue weighted by atomic mass is 32.1. The molecule has 0 atom stereocenters. The van der Waals surface area contributed by atoms with E-state index in [1.165, 1.54) is 19.3 Å². The number of thiophene rings is 1. The Morgan fingerprint density at radius 3 is 2.62 bits per heavy atom. The molecule has 1 aromatic carbocycles. The average molecular weight is 446 g/mol. The summed E-state index contributed by atoms with van der Waals surface area (Å²) in [6.07, 6.45) is 5.80. The van der Waals surface area contributed by atoms with Gasteiger partial charge in [0.15, 0.2) is 5.82 Å². The molecule has 0 aliphatic carbocycles. The van der Waals surface area contributed by atoms with Crippen molar-refractivity contribution in [3.63, 3.8) is 0 Å². The van der Waals surface area contributed by atoms with Gasteiger partial charge in [0, 0.05) is 43.9 Å². The van der Waals surface area contributed by atoms with Crippen molar-refractivity contribution in [1.29, 1.82) is 0 Å². The van der Waals surface area contributed by atoms with E-state index < -0.39 is 0 Å². The van der Waals surface area contributed by atoms with Crippen molar-refractivity contribution in [2.45, 2.75) is 32.4 Å². The molecule has 0 amide bonds. The van der Waals surface area contributed by atoms with Crippen molar-refractivity contribution < 1.29 is 4.74 Å². The largest absolute Gasteiger partial charge is 0.377 e. The Labute approximate surface area is 192 Å². The maximum atomic E-state index is 5.29. The molecule has 5 rings (SSSR count). The lowest BCUT2D eigenvalue weighted by Crippen LogP contribution is -2.30. The average Bonchev–Trinajstić information content (AvgIpc) is 3.28. The maximum Gasteiger partial charge on any atom is 0.158 e. The number of nitrogens with one attached hydrogen (secondary N) is 1. The molecule has 164 valence electrons. The van der Waals surface area contributed by atoms with Gasteiger partial charge >= 0.3 is 0 Å². The van der Waals surface area contributed by atoms with Crippen LogP contribution in [0.2, 0.25) is 0 Å². The molecule has 32 heavy (non-hydrogen) atoms. The number of ether oxygens (including phenoxy) is 1. The Morgan fingerprint density at radius 1 is 1.03 bits per heavy atom. The first-order valence-corrected chi connectivity index (χ1v) is 12.0. The zero-order chi connectivity index (χ0) is 21.8. The molecule has 0 bridgehead atoms. The maximum absolute atomic E-state index is 5.29. The molecule has 4 aromatic rings. The fourth-order valence-electron chi connectivity index (χ4n) is 4.15. The fraction of sp³-hybridized carbons (Fsp3) is 0.320. The van der Waals surface area contributed by atoms with Crippen LogP contribution in [0.1, 0.15) is 30.7 Å². The number of rotatable bonds is 7. The van der Waals surface area contributed by atoms with E-state index in [0.29, 0.717) is 19.0 Å². The van der Waals surface area contributed by atoms with Crippen molar-refractivity contribution in [2.75, 3.05) is 30.4 Å². The Kier molecular flexibility index (Phi) is 6.27. The minimum Gasteiger partial charge on any atom is -0.377 e. The third-order valence-electron chi connectivity index (χ3n) is 5.79. The van der Waals surface area contributed by atoms with E-state index in [2.05, 4.69) is 52.0 Å². The van der Waals surface area contributed by atoms with Crippen LogP contribution in [-0.2, 0) is 17.9 Å². The third kappa shape index (κ3) is 4.45. The minimum absolute atomic E-state index is 0.384. The van der Waals surface area contributed by atoms with E-state index in [1.54, 1.807) is 18.4 Å². The minimum atomic E-state index is 0.384. The van der Waals surface area contributed by atoms with Crippen molar-refractivity contribution in [1.82, 2.24) is 15.0 Å². The monoisotopic (exact) mass is 445 g/mol. The molecule has 1 saturated heterocycles. The van der Waals surface area contributed by atoms with Crippen LogP contribution in [0.15, 0.2) is 54.0 Å². The van der Waals surface area contributed by atoms with Crippen molar-refractivity contribution in [3.8, 4) is 11.1 Å². The molecule has 6 nitrogen and oxygen atoms in total. The van der Waals surface area contributed by atoms with Crippen molar-refractivity contribution >= 4 is 33.2 Å². The normalized spacial score (nSPS) is 14.1. The zero-order valence-electron chi connectivity index (χ0n) is 18.3. The van der Waals surface area contributed by atoms with Gasteiger partial charge in [0.1, 0.15) is 23.1 Å². The van der Waals surface area contributed by atoms with Gasteiger partial charge in [-0.25, -0.2) is 15.0 Å². The van der Waals surface area contributed by atoms with Crippen LogP contribution < -0.4 is 10.2 Å². The number of hydrogen-bond acceptors (Lipinski definition) is 7. The van der Waals surface area contributed by atoms with E-state index in [0.717, 1.165) is 51.6 Å². The molecule has 7 heteroatoms. The van der Waals surface area contributed by atoms with Crippen molar-refractivity contribution in [2.24, 2.45) is 0 Å². The molecular formula is C25H27N5OS. The smallest absolute Gasteiger partial charge is 0.158 e. The SMILES string of the molecule is COCc1nc(NCc2ccc(N3CCCCC3)nc2)c2c(-c3ccccc3)csc2n1. The molecule has 4 heterocycles. The van der Waals surface area contributed by atoms with Gasteiger partial charge in [0.05, 0.1) is 5.39 Å². The molecule has 1 N–H and O–H groups in total. The number of pyridine rings is 1. The first kappa shape index (κ1) is 20.8. The number of anilines is 2. The molecule has 1 aliphatic heterocycles. The summed E-state index contributed by atoms with van der Waals surface area (Å²) >= 11 is 1.64. The molecule has 1 fully saturated rings. The van der Waals surface area contributed by atoms with Crippen molar-refractivity contribution in [3.05, 3.63) is 65.4 Å². The number of piperidine rings is 1. The van der Waals surface area contributed by atoms with Gasteiger partial charge in [-0.15, -0.1) is 11.3 Å². The second-order valence-electron chi connectivity index (χ2n) is 8.04. The van der Waals surface area contributed by atoms with E-state index >= 15 is 0 Å². The highest BCUT2D eigenvalue weighted by molar-refractivity contribution is 7.17. The van der Waals surface area contributed by atoms with E-state index in [4.69, 9.17) is 19.7 Å². The molecule has 3 aromatic heterocycles. The van der Waals surface area contributed by atoms with Crippen LogP contribution in [0, 0.1) is 0 Å². The van der Waals surface area contributed by atoms with Crippen LogP contribution in [0.25, 0.3) is 21.3 Å². The lowest BCUT2D eigenvalue weighted by atomic mass is 10.1. The molecule has 0 radical (unpaired) electrons. The number of benzene rings is 1. The molecule has 0 unspecified atom stereocenters. The second-order valence-corrected chi connectivity index (χ2v) is 8.90. The van der Waals surface area contributed by atoms with Crippen LogP contribution in [0.4, 0.5) is 11.6 Å². The van der Waals surface area contributed by atoms with Gasteiger partial charge in [-0.05, 0) is 36.5 Å². The molecule has 0 saturated carbocycles. The molecule has 0 spiro atoms. The van der Waals surface area contributed by atoms with E-state index in [9.17, 15) is 0 Å². The summed E-state index contributed by atoms with van der Waals surface area (Å²) in [5, 5.41) is 6.76. The second kappa shape index (κ2) is 9.63. The van der Waals surface area contributed by atoms with E-state index in [1.807, 2.05) is 12.3 Å². The summed E-state index contributed by atoms with van der Waals surface area (Å²) in [5.41, 5.74) is 3.44. The standard InChI is InChI=1S/C25H27N5OS/c1-31-16-21-28-24(23-20(17-32-25(23)29-21)19-8-4-2-5-9-19)27-15-18-10-11-22(26-14-18)30-12-6-3-7-13-30/h2,4-5,8-11,14,17H,3,6-7,12-13,15-16H2,1H3,(H,27,28,29). The summed E-state index contributed by atoms with van der Waals surface area (Å²) in [6.45, 7) is 3.24. The van der Waals surface area contributed by atoms with Gasteiger partial charge in [-0.2, -0.15) is 0 Å². The van der Waals surface area contributed by atoms with Gasteiger partial charge in [-0.3, -0.25) is 0 Å². The number of methoxy groups -OCH3 is 1. The quantitative estimate of drug-likeness (QED) is 0.405. The lowest BCUT2D eigenvalue weighted by molar-refractivity contribution is 0.178. The lowest BCUT2D eigenvalue weighted by Gasteiger charge is -2.27. The molecular weight excluding hydrogens is 418 g/mol. The van der Waals surface area contributed by atoms with Gasteiger partial charge in [-0.1, -0.05) is 36.4 Å². The highest BCUT2D eigenvalue weighted by Crippen LogP contribution is 2.37. The summed E-state index contributed by atoms with van der Waals surface area (Å²) in [5.74, 6) is 2.59. The summed E-state index contributed by atoms with van der Waals surface area (Å²) in [4.78, 5) is 17.6. The first-order valence-electron chi connectivity index (χ1n) is 11.1. The number of nitrogens with zero attached hydrogens (tertiary/aromatic N) is 4. The summed E-state index contributed by atoms with van der Waals surface area (Å²) in [6, 6.07) is 14.7. The summed E-state index contributed by atoms with van der Waals surface area (Å²) in [7, 11) is 1.67. The molecule has 1 aliphatic rings. The number of hydrogen-bond donors (Lipinski definition) is 1. The Bertz CT molecular complexity index is 1170.